The number of nitrogen functional groups attached to an aromatic ring is 1. The van der Waals surface area contributed by atoms with Crippen molar-refractivity contribution in [2.75, 3.05) is 17.6 Å². The Morgan fingerprint density at radius 3 is 2.57 bits per heavy atom. The van der Waals surface area contributed by atoms with Crippen molar-refractivity contribution >= 4 is 11.4 Å². The third kappa shape index (κ3) is 2.95. The quantitative estimate of drug-likeness (QED) is 0.553. The third-order valence-electron chi connectivity index (χ3n) is 2.73. The summed E-state index contributed by atoms with van der Waals surface area (Å²) in [5, 5.41) is 3.40. The van der Waals surface area contributed by atoms with Crippen LogP contribution in [0.15, 0.2) is 24.3 Å². The highest BCUT2D eigenvalue weighted by Crippen LogP contribution is 2.33. The molecule has 1 saturated carbocycles. The lowest BCUT2D eigenvalue weighted by Crippen LogP contribution is -2.01. The Bertz CT molecular complexity index is 275. The summed E-state index contributed by atoms with van der Waals surface area (Å²) < 4.78 is 0. The van der Waals surface area contributed by atoms with Crippen LogP contribution in [0.3, 0.4) is 0 Å². The van der Waals surface area contributed by atoms with Crippen LogP contribution >= 0.6 is 0 Å². The largest absolute Gasteiger partial charge is 0.399 e. The summed E-state index contributed by atoms with van der Waals surface area (Å²) >= 11 is 0. The number of nitrogens with two attached hydrogens (primary N) is 1. The molecule has 0 unspecified atom stereocenters. The average Bonchev–Trinajstić information content (AvgIpc) is 2.99. The molecule has 1 fully saturated rings. The molecule has 0 atom stereocenters. The molecule has 0 spiro atoms. The molecule has 14 heavy (non-hydrogen) atoms. The van der Waals surface area contributed by atoms with Crippen molar-refractivity contribution in [3.63, 3.8) is 0 Å². The van der Waals surface area contributed by atoms with Crippen LogP contribution in [0.25, 0.3) is 0 Å². The van der Waals surface area contributed by atoms with Crippen molar-refractivity contribution in [3.8, 4) is 0 Å². The molecule has 0 radical (unpaired) electrons. The van der Waals surface area contributed by atoms with Gasteiger partial charge in [0.05, 0.1) is 0 Å². The minimum atomic E-state index is 0.827. The second kappa shape index (κ2) is 4.36. The highest BCUT2D eigenvalue weighted by Gasteiger charge is 2.19. The van der Waals surface area contributed by atoms with Crippen LogP contribution in [-0.4, -0.2) is 6.54 Å². The summed E-state index contributed by atoms with van der Waals surface area (Å²) in [5.74, 6) is 1.04. The average molecular weight is 190 g/mol. The van der Waals surface area contributed by atoms with Crippen molar-refractivity contribution in [2.24, 2.45) is 5.92 Å². The van der Waals surface area contributed by atoms with Gasteiger partial charge in [0, 0.05) is 17.9 Å². The van der Waals surface area contributed by atoms with Crippen LogP contribution in [0.2, 0.25) is 0 Å². The van der Waals surface area contributed by atoms with Gasteiger partial charge in [-0.1, -0.05) is 12.8 Å². The summed E-state index contributed by atoms with van der Waals surface area (Å²) in [6.07, 6.45) is 5.60. The van der Waals surface area contributed by atoms with E-state index in [9.17, 15) is 0 Å². The first-order valence-electron chi connectivity index (χ1n) is 5.44. The van der Waals surface area contributed by atoms with E-state index in [2.05, 4.69) is 5.32 Å². The second-order valence-corrected chi connectivity index (χ2v) is 4.13. The van der Waals surface area contributed by atoms with Crippen LogP contribution in [0.5, 0.6) is 0 Å². The molecule has 1 aliphatic carbocycles. The number of benzene rings is 1. The van der Waals surface area contributed by atoms with Crippen LogP contribution in [0, 0.1) is 5.92 Å². The van der Waals surface area contributed by atoms with Gasteiger partial charge < -0.3 is 11.1 Å². The molecule has 0 heterocycles. The Morgan fingerprint density at radius 1 is 1.21 bits per heavy atom. The summed E-state index contributed by atoms with van der Waals surface area (Å²) in [5.41, 5.74) is 7.60. The van der Waals surface area contributed by atoms with E-state index in [0.29, 0.717) is 0 Å². The maximum absolute atomic E-state index is 5.60. The van der Waals surface area contributed by atoms with E-state index in [1.165, 1.54) is 31.4 Å². The van der Waals surface area contributed by atoms with Gasteiger partial charge in [-0.05, 0) is 43.0 Å². The smallest absolute Gasteiger partial charge is 0.0341 e. The minimum Gasteiger partial charge on any atom is -0.399 e. The van der Waals surface area contributed by atoms with E-state index in [1.807, 2.05) is 24.3 Å². The molecule has 2 heteroatoms. The number of hydrogen-bond acceptors (Lipinski definition) is 2. The molecule has 2 rings (SSSR count). The van der Waals surface area contributed by atoms with Crippen molar-refractivity contribution < 1.29 is 0 Å². The maximum Gasteiger partial charge on any atom is 0.0341 e. The molecule has 0 bridgehead atoms. The molecule has 2 nitrogen and oxygen atoms in total. The van der Waals surface area contributed by atoms with Gasteiger partial charge in [-0.15, -0.1) is 0 Å². The zero-order valence-corrected chi connectivity index (χ0v) is 8.50. The predicted molar refractivity (Wildman–Crippen MR) is 61.3 cm³/mol. The first kappa shape index (κ1) is 9.38. The van der Waals surface area contributed by atoms with Gasteiger partial charge in [0.25, 0.3) is 0 Å². The molecule has 0 aromatic heterocycles. The van der Waals surface area contributed by atoms with Crippen molar-refractivity contribution in [3.05, 3.63) is 24.3 Å². The van der Waals surface area contributed by atoms with Gasteiger partial charge in [0.1, 0.15) is 0 Å². The predicted octanol–water partition coefficient (Wildman–Crippen LogP) is 2.87. The third-order valence-corrected chi connectivity index (χ3v) is 2.73. The highest BCUT2D eigenvalue weighted by atomic mass is 14.9. The van der Waals surface area contributed by atoms with Gasteiger partial charge in [0.2, 0.25) is 0 Å². The standard InChI is InChI=1S/C12H18N2/c13-11-5-7-12(8-6-11)14-9-1-2-10-3-4-10/h5-8,10,14H,1-4,9,13H2. The zero-order valence-electron chi connectivity index (χ0n) is 8.50. The number of rotatable bonds is 5. The second-order valence-electron chi connectivity index (χ2n) is 4.13. The van der Waals surface area contributed by atoms with Crippen molar-refractivity contribution in [1.82, 2.24) is 0 Å². The normalized spacial score (nSPS) is 15.4. The highest BCUT2D eigenvalue weighted by molar-refractivity contribution is 5.51. The van der Waals surface area contributed by atoms with Crippen molar-refractivity contribution in [2.45, 2.75) is 25.7 Å². The summed E-state index contributed by atoms with van der Waals surface area (Å²) in [7, 11) is 0. The monoisotopic (exact) mass is 190 g/mol. The molecule has 0 saturated heterocycles. The number of anilines is 2. The molecule has 0 aliphatic heterocycles. The Morgan fingerprint density at radius 2 is 1.93 bits per heavy atom. The van der Waals surface area contributed by atoms with Crippen LogP contribution < -0.4 is 11.1 Å². The van der Waals surface area contributed by atoms with Gasteiger partial charge in [0.15, 0.2) is 0 Å². The van der Waals surface area contributed by atoms with E-state index in [4.69, 9.17) is 5.73 Å². The van der Waals surface area contributed by atoms with Gasteiger partial charge in [-0.2, -0.15) is 0 Å². The lowest BCUT2D eigenvalue weighted by Gasteiger charge is -2.05. The summed E-state index contributed by atoms with van der Waals surface area (Å²) in [6.45, 7) is 1.08. The Balaban J connectivity index is 1.66. The fourth-order valence-electron chi connectivity index (χ4n) is 1.63. The Hall–Kier alpha value is -1.18. The fraction of sp³-hybridized carbons (Fsp3) is 0.500. The van der Waals surface area contributed by atoms with Gasteiger partial charge >= 0.3 is 0 Å². The molecule has 1 aromatic rings. The SMILES string of the molecule is Nc1ccc(NCCCC2CC2)cc1. The maximum atomic E-state index is 5.60. The Labute approximate surface area is 85.5 Å². The summed E-state index contributed by atoms with van der Waals surface area (Å²) in [4.78, 5) is 0. The van der Waals surface area contributed by atoms with Crippen LogP contribution in [0.1, 0.15) is 25.7 Å². The molecular formula is C12H18N2. The van der Waals surface area contributed by atoms with E-state index < -0.39 is 0 Å². The topological polar surface area (TPSA) is 38.0 Å². The summed E-state index contributed by atoms with van der Waals surface area (Å²) in [6, 6.07) is 7.94. The molecule has 1 aromatic carbocycles. The van der Waals surface area contributed by atoms with Crippen LogP contribution in [-0.2, 0) is 0 Å². The first-order valence-corrected chi connectivity index (χ1v) is 5.44. The van der Waals surface area contributed by atoms with Crippen LogP contribution in [0.4, 0.5) is 11.4 Å². The minimum absolute atomic E-state index is 0.827. The van der Waals surface area contributed by atoms with E-state index in [1.54, 1.807) is 0 Å². The number of hydrogen-bond donors (Lipinski definition) is 2. The van der Waals surface area contributed by atoms with Gasteiger partial charge in [-0.3, -0.25) is 0 Å². The molecule has 0 amide bonds. The Kier molecular flexibility index (Phi) is 2.92. The molecular weight excluding hydrogens is 172 g/mol. The lowest BCUT2D eigenvalue weighted by molar-refractivity contribution is 0.687. The molecule has 3 N–H and O–H groups in total. The van der Waals surface area contributed by atoms with Crippen molar-refractivity contribution in [1.29, 1.82) is 0 Å². The first-order chi connectivity index (χ1) is 6.84. The lowest BCUT2D eigenvalue weighted by atomic mass is 10.2. The van der Waals surface area contributed by atoms with E-state index in [0.717, 1.165) is 18.2 Å². The zero-order chi connectivity index (χ0) is 9.80. The van der Waals surface area contributed by atoms with E-state index in [-0.39, 0.29) is 0 Å². The number of nitrogens with one attached hydrogen (secondary N) is 1. The van der Waals surface area contributed by atoms with E-state index >= 15 is 0 Å². The molecule has 1 aliphatic rings. The van der Waals surface area contributed by atoms with Gasteiger partial charge in [-0.25, -0.2) is 0 Å². The fourth-order valence-corrected chi connectivity index (χ4v) is 1.63. The molecule has 76 valence electrons.